The Labute approximate surface area is 120 Å². The zero-order valence-electron chi connectivity index (χ0n) is 10.9. The van der Waals surface area contributed by atoms with Crippen LogP contribution in [0.25, 0.3) is 10.8 Å². The van der Waals surface area contributed by atoms with Crippen LogP contribution < -0.4 is 4.74 Å². The van der Waals surface area contributed by atoms with Crippen LogP contribution in [0.4, 0.5) is 4.39 Å². The molecule has 3 rings (SSSR count). The fraction of sp³-hybridized carbons (Fsp3) is 0. The molecule has 0 aliphatic heterocycles. The van der Waals surface area contributed by atoms with E-state index in [-0.39, 0.29) is 17.1 Å². The Morgan fingerprint density at radius 1 is 0.952 bits per heavy atom. The van der Waals surface area contributed by atoms with Crippen LogP contribution in [0.5, 0.6) is 11.5 Å². The minimum Gasteiger partial charge on any atom is -0.507 e. The van der Waals surface area contributed by atoms with Gasteiger partial charge in [-0.2, -0.15) is 0 Å². The van der Waals surface area contributed by atoms with Crippen molar-refractivity contribution in [2.24, 2.45) is 0 Å². The van der Waals surface area contributed by atoms with Crippen LogP contribution in [-0.2, 0) is 0 Å². The van der Waals surface area contributed by atoms with E-state index in [9.17, 15) is 14.3 Å². The van der Waals surface area contributed by atoms with Crippen molar-refractivity contribution in [2.75, 3.05) is 0 Å². The lowest BCUT2D eigenvalue weighted by Gasteiger charge is -2.07. The van der Waals surface area contributed by atoms with Gasteiger partial charge >= 0.3 is 5.97 Å². The van der Waals surface area contributed by atoms with Crippen LogP contribution in [-0.4, -0.2) is 11.1 Å². The summed E-state index contributed by atoms with van der Waals surface area (Å²) in [6, 6.07) is 15.7. The lowest BCUT2D eigenvalue weighted by molar-refractivity contribution is 0.0731. The predicted molar refractivity (Wildman–Crippen MR) is 77.0 cm³/mol. The molecule has 0 atom stereocenters. The first kappa shape index (κ1) is 13.1. The van der Waals surface area contributed by atoms with Crippen LogP contribution in [0.15, 0.2) is 60.7 Å². The molecular weight excluding hydrogens is 271 g/mol. The molecule has 0 unspecified atom stereocenters. The van der Waals surface area contributed by atoms with Crippen LogP contribution in [0.2, 0.25) is 0 Å². The lowest BCUT2D eigenvalue weighted by Crippen LogP contribution is -2.08. The van der Waals surface area contributed by atoms with Crippen molar-refractivity contribution in [2.45, 2.75) is 0 Å². The van der Waals surface area contributed by atoms with Crippen molar-refractivity contribution in [3.8, 4) is 11.5 Å². The minimum atomic E-state index is -0.733. The Bertz CT molecular complexity index is 827. The quantitative estimate of drug-likeness (QED) is 0.572. The maximum absolute atomic E-state index is 13.1. The average molecular weight is 282 g/mol. The number of halogens is 1. The minimum absolute atomic E-state index is 0.0398. The summed E-state index contributed by atoms with van der Waals surface area (Å²) in [6.07, 6.45) is 0. The van der Waals surface area contributed by atoms with Crippen molar-refractivity contribution in [1.82, 2.24) is 0 Å². The highest BCUT2D eigenvalue weighted by Gasteiger charge is 2.15. The summed E-state index contributed by atoms with van der Waals surface area (Å²) in [6.45, 7) is 0. The predicted octanol–water partition coefficient (Wildman–Crippen LogP) is 3.90. The van der Waals surface area contributed by atoms with Gasteiger partial charge in [-0.05, 0) is 35.0 Å². The number of aromatic hydroxyl groups is 1. The highest BCUT2D eigenvalue weighted by molar-refractivity contribution is 5.99. The lowest BCUT2D eigenvalue weighted by atomic mass is 10.1. The number of ether oxygens (including phenoxy) is 1. The first-order valence-electron chi connectivity index (χ1n) is 6.33. The van der Waals surface area contributed by atoms with E-state index in [4.69, 9.17) is 4.74 Å². The van der Waals surface area contributed by atoms with Crippen LogP contribution in [0, 0.1) is 5.82 Å². The second kappa shape index (κ2) is 5.25. The van der Waals surface area contributed by atoms with Crippen molar-refractivity contribution in [3.63, 3.8) is 0 Å². The highest BCUT2D eigenvalue weighted by atomic mass is 19.1. The molecule has 0 saturated carbocycles. The highest BCUT2D eigenvalue weighted by Crippen LogP contribution is 2.26. The molecule has 0 amide bonds. The van der Waals surface area contributed by atoms with E-state index in [0.29, 0.717) is 0 Å². The Morgan fingerprint density at radius 3 is 2.38 bits per heavy atom. The van der Waals surface area contributed by atoms with Gasteiger partial charge in [0.15, 0.2) is 0 Å². The second-order valence-corrected chi connectivity index (χ2v) is 4.56. The number of rotatable bonds is 2. The fourth-order valence-corrected chi connectivity index (χ4v) is 2.08. The smallest absolute Gasteiger partial charge is 0.347 e. The molecule has 3 aromatic rings. The van der Waals surface area contributed by atoms with E-state index in [1.165, 1.54) is 24.3 Å². The number of phenols is 1. The molecule has 0 fully saturated rings. The van der Waals surface area contributed by atoms with E-state index in [2.05, 4.69) is 0 Å². The number of hydrogen-bond donors (Lipinski definition) is 1. The van der Waals surface area contributed by atoms with Gasteiger partial charge < -0.3 is 9.84 Å². The summed E-state index contributed by atoms with van der Waals surface area (Å²) in [5.74, 6) is -1.31. The molecule has 1 N–H and O–H groups in total. The van der Waals surface area contributed by atoms with Crippen molar-refractivity contribution in [1.29, 1.82) is 0 Å². The molecule has 4 heteroatoms. The number of carbonyl (C=O) groups excluding carboxylic acids is 1. The summed E-state index contributed by atoms with van der Waals surface area (Å²) in [5, 5.41) is 11.6. The molecule has 21 heavy (non-hydrogen) atoms. The molecule has 0 spiro atoms. The first-order valence-corrected chi connectivity index (χ1v) is 6.33. The first-order chi connectivity index (χ1) is 10.1. The largest absolute Gasteiger partial charge is 0.507 e. The maximum atomic E-state index is 13.1. The Kier molecular flexibility index (Phi) is 3.28. The molecule has 0 aliphatic rings. The SMILES string of the molecule is O=C(Oc1cccc(F)c1)c1cc2ccccc2cc1O. The number of benzene rings is 3. The van der Waals surface area contributed by atoms with Gasteiger partial charge in [-0.25, -0.2) is 9.18 Å². The Morgan fingerprint density at radius 2 is 1.67 bits per heavy atom. The van der Waals surface area contributed by atoms with Crippen LogP contribution >= 0.6 is 0 Å². The molecule has 3 nitrogen and oxygen atoms in total. The van der Waals surface area contributed by atoms with Crippen LogP contribution in [0.3, 0.4) is 0 Å². The molecule has 0 bridgehead atoms. The third-order valence-electron chi connectivity index (χ3n) is 3.09. The molecule has 0 aromatic heterocycles. The van der Waals surface area contributed by atoms with Gasteiger partial charge in [-0.3, -0.25) is 0 Å². The molecular formula is C17H11FO3. The Balaban J connectivity index is 1.96. The molecule has 0 saturated heterocycles. The summed E-state index contributed by atoms with van der Waals surface area (Å²) in [4.78, 5) is 12.1. The number of phenolic OH excluding ortho intramolecular Hbond substituents is 1. The van der Waals surface area contributed by atoms with Gasteiger partial charge in [0.25, 0.3) is 0 Å². The summed E-state index contributed by atoms with van der Waals surface area (Å²) in [5.41, 5.74) is 0.0398. The van der Waals surface area contributed by atoms with E-state index in [1.54, 1.807) is 6.07 Å². The second-order valence-electron chi connectivity index (χ2n) is 4.56. The molecule has 0 heterocycles. The van der Waals surface area contributed by atoms with Gasteiger partial charge in [0.05, 0.1) is 0 Å². The van der Waals surface area contributed by atoms with E-state index in [1.807, 2.05) is 24.3 Å². The normalized spacial score (nSPS) is 10.5. The van der Waals surface area contributed by atoms with Crippen molar-refractivity contribution >= 4 is 16.7 Å². The Hall–Kier alpha value is -2.88. The average Bonchev–Trinajstić information content (AvgIpc) is 2.46. The number of hydrogen-bond acceptors (Lipinski definition) is 3. The summed E-state index contributed by atoms with van der Waals surface area (Å²) in [7, 11) is 0. The van der Waals surface area contributed by atoms with Crippen LogP contribution in [0.1, 0.15) is 10.4 Å². The molecule has 3 aromatic carbocycles. The van der Waals surface area contributed by atoms with Crippen molar-refractivity contribution < 1.29 is 19.0 Å². The van der Waals surface area contributed by atoms with Gasteiger partial charge in [-0.1, -0.05) is 30.3 Å². The number of esters is 1. The van der Waals surface area contributed by atoms with Crippen molar-refractivity contribution in [3.05, 3.63) is 72.0 Å². The van der Waals surface area contributed by atoms with Gasteiger partial charge in [0, 0.05) is 6.07 Å². The van der Waals surface area contributed by atoms with Gasteiger partial charge in [0.1, 0.15) is 22.9 Å². The summed E-state index contributed by atoms with van der Waals surface area (Å²) >= 11 is 0. The molecule has 104 valence electrons. The fourth-order valence-electron chi connectivity index (χ4n) is 2.08. The van der Waals surface area contributed by atoms with E-state index in [0.717, 1.165) is 16.8 Å². The van der Waals surface area contributed by atoms with Gasteiger partial charge in [-0.15, -0.1) is 0 Å². The zero-order valence-corrected chi connectivity index (χ0v) is 10.9. The number of carbonyl (C=O) groups is 1. The maximum Gasteiger partial charge on any atom is 0.347 e. The van der Waals surface area contributed by atoms with Gasteiger partial charge in [0.2, 0.25) is 0 Å². The molecule has 0 aliphatic carbocycles. The standard InChI is InChI=1S/C17H11FO3/c18-13-6-3-7-14(10-13)21-17(20)15-8-11-4-1-2-5-12(11)9-16(15)19/h1-10,19H. The zero-order chi connectivity index (χ0) is 14.8. The third kappa shape index (κ3) is 2.69. The third-order valence-corrected chi connectivity index (χ3v) is 3.09. The molecule has 0 radical (unpaired) electrons. The monoisotopic (exact) mass is 282 g/mol. The summed E-state index contributed by atoms with van der Waals surface area (Å²) < 4.78 is 18.1. The van der Waals surface area contributed by atoms with E-state index < -0.39 is 11.8 Å². The topological polar surface area (TPSA) is 46.5 Å². The number of fused-ring (bicyclic) bond motifs is 1. The van der Waals surface area contributed by atoms with E-state index >= 15 is 0 Å².